The maximum atomic E-state index is 13.4. The van der Waals surface area contributed by atoms with E-state index in [0.717, 1.165) is 12.8 Å². The topological polar surface area (TPSA) is 104 Å². The highest BCUT2D eigenvalue weighted by atomic mass is 16.5. The molecule has 2 bridgehead atoms. The van der Waals surface area contributed by atoms with Gasteiger partial charge in [-0.1, -0.05) is 26.8 Å². The quantitative estimate of drug-likeness (QED) is 0.487. The number of esters is 1. The molecule has 0 radical (unpaired) electrons. The van der Waals surface area contributed by atoms with Gasteiger partial charge in [0.1, 0.15) is 6.10 Å². The summed E-state index contributed by atoms with van der Waals surface area (Å²) in [5, 5.41) is 33.3. The van der Waals surface area contributed by atoms with Gasteiger partial charge in [-0.15, -0.1) is 0 Å². The maximum absolute atomic E-state index is 13.4. The van der Waals surface area contributed by atoms with E-state index in [1.165, 1.54) is 6.92 Å². The molecule has 1 spiro atoms. The molecule has 0 aromatic heterocycles. The molecule has 0 heterocycles. The van der Waals surface area contributed by atoms with E-state index in [-0.39, 0.29) is 23.7 Å². The lowest BCUT2D eigenvalue weighted by Crippen LogP contribution is -2.72. The number of rotatable bonds is 2. The molecule has 0 saturated heterocycles. The molecule has 8 atom stereocenters. The highest BCUT2D eigenvalue weighted by Crippen LogP contribution is 2.71. The first-order chi connectivity index (χ1) is 13.0. The molecule has 0 amide bonds. The molecular formula is C22H32O6. The molecule has 156 valence electrons. The Kier molecular flexibility index (Phi) is 4.39. The number of carbonyl (C=O) groups is 2. The van der Waals surface area contributed by atoms with Crippen molar-refractivity contribution in [2.75, 3.05) is 6.61 Å². The second-order valence-electron chi connectivity index (χ2n) is 10.2. The number of ether oxygens (including phenoxy) is 1. The summed E-state index contributed by atoms with van der Waals surface area (Å²) in [7, 11) is 0. The van der Waals surface area contributed by atoms with Crippen molar-refractivity contribution in [1.29, 1.82) is 0 Å². The van der Waals surface area contributed by atoms with E-state index in [1.807, 2.05) is 0 Å². The van der Waals surface area contributed by atoms with Gasteiger partial charge < -0.3 is 20.1 Å². The first-order valence-electron chi connectivity index (χ1n) is 10.4. The van der Waals surface area contributed by atoms with Gasteiger partial charge in [0.15, 0.2) is 5.78 Å². The summed E-state index contributed by atoms with van der Waals surface area (Å²) in [5.41, 5.74) is -1.96. The second-order valence-corrected chi connectivity index (χ2v) is 10.2. The lowest BCUT2D eigenvalue weighted by Gasteiger charge is -2.66. The SMILES string of the molecule is C=C1C(=O)[C@@]23[C@H](O)C[C@@H]4C(C)(C)CCC[C@@]4(CO)[C@@H]2[C@@H](OC(C)=O)C[C@@H]1[C@H]3O. The summed E-state index contributed by atoms with van der Waals surface area (Å²) < 4.78 is 5.71. The number of hydrogen-bond acceptors (Lipinski definition) is 6. The highest BCUT2D eigenvalue weighted by Gasteiger charge is 2.77. The number of carbonyl (C=O) groups excluding carboxylic acids is 2. The van der Waals surface area contributed by atoms with Crippen molar-refractivity contribution in [1.82, 2.24) is 0 Å². The maximum Gasteiger partial charge on any atom is 0.302 e. The lowest BCUT2D eigenvalue weighted by atomic mass is 9.39. The highest BCUT2D eigenvalue weighted by molar-refractivity contribution is 6.04. The summed E-state index contributed by atoms with van der Waals surface area (Å²) in [6.45, 7) is 9.39. The van der Waals surface area contributed by atoms with Gasteiger partial charge >= 0.3 is 5.97 Å². The monoisotopic (exact) mass is 392 g/mol. The van der Waals surface area contributed by atoms with Gasteiger partial charge in [-0.2, -0.15) is 0 Å². The van der Waals surface area contributed by atoms with Crippen molar-refractivity contribution in [3.8, 4) is 0 Å². The van der Waals surface area contributed by atoms with Crippen molar-refractivity contribution in [3.63, 3.8) is 0 Å². The van der Waals surface area contributed by atoms with Crippen molar-refractivity contribution >= 4 is 11.8 Å². The summed E-state index contributed by atoms with van der Waals surface area (Å²) in [6, 6.07) is 0. The number of ketones is 1. The van der Waals surface area contributed by atoms with E-state index < -0.39 is 46.9 Å². The van der Waals surface area contributed by atoms with Gasteiger partial charge in [0, 0.05) is 30.8 Å². The average Bonchev–Trinajstić information content (AvgIpc) is 2.73. The molecule has 0 aromatic carbocycles. The molecule has 6 heteroatoms. The summed E-state index contributed by atoms with van der Waals surface area (Å²) in [6.07, 6.45) is 0.442. The molecule has 4 rings (SSSR count). The molecule has 3 N–H and O–H groups in total. The smallest absolute Gasteiger partial charge is 0.302 e. The molecule has 4 fully saturated rings. The number of aliphatic hydroxyl groups excluding tert-OH is 3. The Balaban J connectivity index is 1.95. The largest absolute Gasteiger partial charge is 0.462 e. The van der Waals surface area contributed by atoms with E-state index in [2.05, 4.69) is 20.4 Å². The first kappa shape index (κ1) is 20.0. The first-order valence-corrected chi connectivity index (χ1v) is 10.4. The zero-order valence-corrected chi connectivity index (χ0v) is 17.0. The molecular weight excluding hydrogens is 360 g/mol. The van der Waals surface area contributed by atoms with E-state index in [0.29, 0.717) is 24.8 Å². The van der Waals surface area contributed by atoms with Crippen LogP contribution >= 0.6 is 0 Å². The van der Waals surface area contributed by atoms with Crippen molar-refractivity contribution in [3.05, 3.63) is 12.2 Å². The number of fused-ring (bicyclic) bond motifs is 3. The van der Waals surface area contributed by atoms with Crippen LogP contribution in [0.3, 0.4) is 0 Å². The Bertz CT molecular complexity index is 729. The van der Waals surface area contributed by atoms with Crippen LogP contribution in [-0.4, -0.2) is 52.0 Å². The zero-order valence-electron chi connectivity index (χ0n) is 17.0. The fourth-order valence-corrected chi connectivity index (χ4v) is 7.76. The molecule has 0 aliphatic heterocycles. The number of aliphatic hydroxyl groups is 3. The Morgan fingerprint density at radius 3 is 2.54 bits per heavy atom. The van der Waals surface area contributed by atoms with Crippen molar-refractivity contribution in [2.45, 2.75) is 71.2 Å². The third-order valence-electron chi connectivity index (χ3n) is 8.72. The summed E-state index contributed by atoms with van der Waals surface area (Å²) >= 11 is 0. The van der Waals surface area contributed by atoms with Crippen LogP contribution in [0.5, 0.6) is 0 Å². The molecule has 6 nitrogen and oxygen atoms in total. The fraction of sp³-hybridized carbons (Fsp3) is 0.818. The fourth-order valence-electron chi connectivity index (χ4n) is 7.76. The molecule has 4 saturated carbocycles. The summed E-state index contributed by atoms with van der Waals surface area (Å²) in [5.74, 6) is -1.94. The van der Waals surface area contributed by atoms with Crippen LogP contribution in [0, 0.1) is 34.0 Å². The van der Waals surface area contributed by atoms with Crippen LogP contribution in [0.4, 0.5) is 0 Å². The van der Waals surface area contributed by atoms with E-state index >= 15 is 0 Å². The van der Waals surface area contributed by atoms with Crippen LogP contribution in [0.2, 0.25) is 0 Å². The minimum atomic E-state index is -1.45. The Morgan fingerprint density at radius 2 is 1.93 bits per heavy atom. The van der Waals surface area contributed by atoms with Crippen LogP contribution < -0.4 is 0 Å². The predicted octanol–water partition coefficient (Wildman–Crippen LogP) is 1.61. The molecule has 4 aliphatic carbocycles. The van der Waals surface area contributed by atoms with E-state index in [1.54, 1.807) is 0 Å². The average molecular weight is 392 g/mol. The number of hydrogen-bond donors (Lipinski definition) is 3. The van der Waals surface area contributed by atoms with Gasteiger partial charge in [0.2, 0.25) is 0 Å². The molecule has 28 heavy (non-hydrogen) atoms. The second kappa shape index (κ2) is 6.13. The van der Waals surface area contributed by atoms with Crippen LogP contribution in [0.15, 0.2) is 12.2 Å². The predicted molar refractivity (Wildman–Crippen MR) is 101 cm³/mol. The van der Waals surface area contributed by atoms with Crippen molar-refractivity contribution < 1.29 is 29.6 Å². The Hall–Kier alpha value is -1.24. The minimum absolute atomic E-state index is 0.0344. The summed E-state index contributed by atoms with van der Waals surface area (Å²) in [4.78, 5) is 25.4. The lowest BCUT2D eigenvalue weighted by molar-refractivity contribution is -0.266. The molecule has 0 unspecified atom stereocenters. The van der Waals surface area contributed by atoms with Gasteiger partial charge in [-0.3, -0.25) is 9.59 Å². The molecule has 4 aliphatic rings. The third kappa shape index (κ3) is 2.20. The third-order valence-corrected chi connectivity index (χ3v) is 8.72. The van der Waals surface area contributed by atoms with Crippen LogP contribution in [0.25, 0.3) is 0 Å². The standard InChI is InChI=1S/C22H32O6/c1-11-13-8-14(28-12(2)24)17-21(10-23)7-5-6-20(3,4)15(21)9-16(25)22(17,18(11)26)19(13)27/h13-17,19,23,25,27H,1,5-10H2,2-4H3/t13-,14-,15+,16+,17-,19+,21-,22+/m0/s1. The van der Waals surface area contributed by atoms with Gasteiger partial charge in [-0.25, -0.2) is 0 Å². The minimum Gasteiger partial charge on any atom is -0.462 e. The van der Waals surface area contributed by atoms with E-state index in [9.17, 15) is 24.9 Å². The van der Waals surface area contributed by atoms with Crippen LogP contribution in [-0.2, 0) is 14.3 Å². The Labute approximate surface area is 166 Å². The van der Waals surface area contributed by atoms with Gasteiger partial charge in [0.05, 0.1) is 17.6 Å². The number of Topliss-reactive ketones (excluding diaryl/α,β-unsaturated/α-hetero) is 1. The zero-order chi connectivity index (χ0) is 20.6. The molecule has 0 aromatic rings. The normalized spacial score (nSPS) is 49.4. The van der Waals surface area contributed by atoms with E-state index in [4.69, 9.17) is 4.74 Å². The Morgan fingerprint density at radius 1 is 1.25 bits per heavy atom. The van der Waals surface area contributed by atoms with Gasteiger partial charge in [-0.05, 0) is 42.6 Å². The van der Waals surface area contributed by atoms with Crippen LogP contribution in [0.1, 0.15) is 52.9 Å². The van der Waals surface area contributed by atoms with Gasteiger partial charge in [0.25, 0.3) is 0 Å². The van der Waals surface area contributed by atoms with Crippen molar-refractivity contribution in [2.24, 2.45) is 34.0 Å².